The SMILES string of the molecule is COc1ccccc1CNC(=O)[C@@]1(C)Cn2nc(-c3ccccc3)cc2C(=O)N1c1cccc(SC)c1. The first-order chi connectivity index (χ1) is 17.9. The predicted molar refractivity (Wildman–Crippen MR) is 146 cm³/mol. The maximum Gasteiger partial charge on any atom is 0.277 e. The van der Waals surface area contributed by atoms with Gasteiger partial charge in [-0.1, -0.05) is 54.6 Å². The Morgan fingerprint density at radius 3 is 2.57 bits per heavy atom. The Morgan fingerprint density at radius 2 is 1.81 bits per heavy atom. The first-order valence-electron chi connectivity index (χ1n) is 12.0. The van der Waals surface area contributed by atoms with Crippen LogP contribution >= 0.6 is 11.8 Å². The molecule has 37 heavy (non-hydrogen) atoms. The number of aromatic nitrogens is 2. The summed E-state index contributed by atoms with van der Waals surface area (Å²) in [5.41, 5.74) is 2.36. The van der Waals surface area contributed by atoms with Crippen LogP contribution < -0.4 is 15.0 Å². The van der Waals surface area contributed by atoms with Crippen molar-refractivity contribution >= 4 is 29.3 Å². The fourth-order valence-electron chi connectivity index (χ4n) is 4.70. The van der Waals surface area contributed by atoms with Gasteiger partial charge in [0.15, 0.2) is 0 Å². The van der Waals surface area contributed by atoms with Crippen molar-refractivity contribution in [3.63, 3.8) is 0 Å². The van der Waals surface area contributed by atoms with Crippen LogP contribution in [0.2, 0.25) is 0 Å². The lowest BCUT2D eigenvalue weighted by molar-refractivity contribution is -0.126. The number of anilines is 1. The van der Waals surface area contributed by atoms with Crippen LogP contribution in [0.25, 0.3) is 11.3 Å². The highest BCUT2D eigenvalue weighted by molar-refractivity contribution is 7.98. The number of hydrogen-bond acceptors (Lipinski definition) is 5. The summed E-state index contributed by atoms with van der Waals surface area (Å²) in [6.45, 7) is 2.27. The average molecular weight is 513 g/mol. The molecule has 3 aromatic carbocycles. The fourth-order valence-corrected chi connectivity index (χ4v) is 5.15. The second kappa shape index (κ2) is 10.1. The van der Waals surface area contributed by atoms with Gasteiger partial charge in [-0.3, -0.25) is 19.2 Å². The highest BCUT2D eigenvalue weighted by Crippen LogP contribution is 2.35. The van der Waals surface area contributed by atoms with Crippen molar-refractivity contribution in [3.8, 4) is 17.0 Å². The summed E-state index contributed by atoms with van der Waals surface area (Å²) in [6.07, 6.45) is 1.98. The van der Waals surface area contributed by atoms with Crippen LogP contribution in [0.3, 0.4) is 0 Å². The van der Waals surface area contributed by atoms with Gasteiger partial charge < -0.3 is 10.1 Å². The molecule has 8 heteroatoms. The second-order valence-electron chi connectivity index (χ2n) is 9.05. The van der Waals surface area contributed by atoms with Gasteiger partial charge in [0.1, 0.15) is 17.0 Å². The van der Waals surface area contributed by atoms with Crippen molar-refractivity contribution in [2.24, 2.45) is 0 Å². The molecule has 0 radical (unpaired) electrons. The minimum absolute atomic E-state index is 0.210. The molecule has 4 aromatic rings. The summed E-state index contributed by atoms with van der Waals surface area (Å²) in [4.78, 5) is 30.5. The highest BCUT2D eigenvalue weighted by Gasteiger charge is 2.49. The number of methoxy groups -OCH3 is 1. The van der Waals surface area contributed by atoms with Crippen LogP contribution in [0.5, 0.6) is 5.75 Å². The number of carbonyl (C=O) groups is 2. The number of nitrogens with zero attached hydrogens (tertiary/aromatic N) is 3. The number of amides is 2. The fraction of sp³-hybridized carbons (Fsp3) is 0.207. The zero-order valence-electron chi connectivity index (χ0n) is 21.0. The minimum Gasteiger partial charge on any atom is -0.496 e. The lowest BCUT2D eigenvalue weighted by Gasteiger charge is -2.43. The molecule has 188 valence electrons. The summed E-state index contributed by atoms with van der Waals surface area (Å²) >= 11 is 1.59. The molecule has 1 atom stereocenters. The van der Waals surface area contributed by atoms with E-state index in [4.69, 9.17) is 9.84 Å². The van der Waals surface area contributed by atoms with Gasteiger partial charge in [-0.2, -0.15) is 5.10 Å². The first-order valence-corrected chi connectivity index (χ1v) is 13.2. The standard InChI is InChI=1S/C29H28N4O3S/c1-29(28(35)30-18-21-12-7-8-15-26(21)36-2)19-32-25(17-24(31-32)20-10-5-4-6-11-20)27(34)33(29)22-13-9-14-23(16-22)37-3/h4-17H,18-19H2,1-3H3,(H,30,35)/t29-/m1/s1. The summed E-state index contributed by atoms with van der Waals surface area (Å²) in [5.74, 6) is 0.150. The van der Waals surface area contributed by atoms with Crippen LogP contribution in [0, 0.1) is 0 Å². The number of rotatable bonds is 7. The third kappa shape index (κ3) is 4.60. The summed E-state index contributed by atoms with van der Waals surface area (Å²) in [7, 11) is 1.60. The van der Waals surface area contributed by atoms with Crippen molar-refractivity contribution < 1.29 is 14.3 Å². The Kier molecular flexibility index (Phi) is 6.76. The van der Waals surface area contributed by atoms with Gasteiger partial charge >= 0.3 is 0 Å². The van der Waals surface area contributed by atoms with E-state index in [0.29, 0.717) is 22.8 Å². The number of ether oxygens (including phenoxy) is 1. The van der Waals surface area contributed by atoms with Crippen molar-refractivity contribution in [2.45, 2.75) is 30.4 Å². The Balaban J connectivity index is 1.55. The topological polar surface area (TPSA) is 76.5 Å². The number of nitrogens with one attached hydrogen (secondary N) is 1. The molecule has 5 rings (SSSR count). The normalized spacial score (nSPS) is 16.8. The predicted octanol–water partition coefficient (Wildman–Crippen LogP) is 5.02. The summed E-state index contributed by atoms with van der Waals surface area (Å²) < 4.78 is 7.10. The zero-order chi connectivity index (χ0) is 26.0. The smallest absolute Gasteiger partial charge is 0.277 e. The number of thioether (sulfide) groups is 1. The van der Waals surface area contributed by atoms with Crippen molar-refractivity contribution in [2.75, 3.05) is 18.3 Å². The molecule has 2 amide bonds. The molecule has 2 heterocycles. The van der Waals surface area contributed by atoms with Gasteiger partial charge in [-0.25, -0.2) is 0 Å². The third-order valence-corrected chi connectivity index (χ3v) is 7.38. The van der Waals surface area contributed by atoms with E-state index in [9.17, 15) is 9.59 Å². The monoisotopic (exact) mass is 512 g/mol. The molecule has 0 bridgehead atoms. The van der Waals surface area contributed by atoms with E-state index in [1.54, 1.807) is 41.4 Å². The van der Waals surface area contributed by atoms with Gasteiger partial charge in [0.05, 0.1) is 19.3 Å². The maximum atomic E-state index is 14.0. The Morgan fingerprint density at radius 1 is 1.05 bits per heavy atom. The molecule has 0 saturated carbocycles. The van der Waals surface area contributed by atoms with Crippen molar-refractivity contribution in [1.82, 2.24) is 15.1 Å². The van der Waals surface area contributed by atoms with E-state index in [1.807, 2.05) is 85.1 Å². The lowest BCUT2D eigenvalue weighted by atomic mass is 9.93. The van der Waals surface area contributed by atoms with Crippen LogP contribution in [0.15, 0.2) is 89.8 Å². The third-order valence-electron chi connectivity index (χ3n) is 6.66. The largest absolute Gasteiger partial charge is 0.496 e. The Bertz CT molecular complexity index is 1450. The molecule has 1 aliphatic heterocycles. The van der Waals surface area contributed by atoms with Gasteiger partial charge in [-0.15, -0.1) is 11.8 Å². The minimum atomic E-state index is -1.22. The van der Waals surface area contributed by atoms with Crippen LogP contribution in [0.1, 0.15) is 23.0 Å². The van der Waals surface area contributed by atoms with E-state index >= 15 is 0 Å². The Labute approximate surface area is 220 Å². The highest BCUT2D eigenvalue weighted by atomic mass is 32.2. The van der Waals surface area contributed by atoms with E-state index in [2.05, 4.69) is 5.32 Å². The zero-order valence-corrected chi connectivity index (χ0v) is 21.8. The second-order valence-corrected chi connectivity index (χ2v) is 9.93. The molecule has 1 N–H and O–H groups in total. The summed E-state index contributed by atoms with van der Waals surface area (Å²) in [5, 5.41) is 7.76. The number of hydrogen-bond donors (Lipinski definition) is 1. The van der Waals surface area contributed by atoms with Crippen LogP contribution in [-0.2, 0) is 17.9 Å². The average Bonchev–Trinajstić information content (AvgIpc) is 3.36. The number of carbonyl (C=O) groups excluding carboxylic acids is 2. The van der Waals surface area contributed by atoms with Crippen LogP contribution in [0.4, 0.5) is 5.69 Å². The van der Waals surface area contributed by atoms with E-state index in [0.717, 1.165) is 16.0 Å². The van der Waals surface area contributed by atoms with E-state index in [-0.39, 0.29) is 24.9 Å². The van der Waals surface area contributed by atoms with Crippen molar-refractivity contribution in [3.05, 3.63) is 96.2 Å². The number of fused-ring (bicyclic) bond motifs is 1. The van der Waals surface area contributed by atoms with E-state index in [1.165, 1.54) is 0 Å². The lowest BCUT2D eigenvalue weighted by Crippen LogP contribution is -2.64. The molecule has 0 aliphatic carbocycles. The quantitative estimate of drug-likeness (QED) is 0.352. The van der Waals surface area contributed by atoms with E-state index < -0.39 is 5.54 Å². The van der Waals surface area contributed by atoms with Gasteiger partial charge in [-0.05, 0) is 43.5 Å². The van der Waals surface area contributed by atoms with Crippen LogP contribution in [-0.4, -0.2) is 40.5 Å². The summed E-state index contributed by atoms with van der Waals surface area (Å²) in [6, 6.07) is 26.8. The Hall–Kier alpha value is -4.04. The molecule has 0 spiro atoms. The van der Waals surface area contributed by atoms with Gasteiger partial charge in [0.2, 0.25) is 5.91 Å². The van der Waals surface area contributed by atoms with Crippen molar-refractivity contribution in [1.29, 1.82) is 0 Å². The molecule has 0 fully saturated rings. The molecule has 7 nitrogen and oxygen atoms in total. The molecular weight excluding hydrogens is 484 g/mol. The first kappa shape index (κ1) is 24.6. The molecule has 1 aromatic heterocycles. The number of para-hydroxylation sites is 1. The molecule has 0 saturated heterocycles. The number of benzene rings is 3. The molecular formula is C29H28N4O3S. The molecule has 1 aliphatic rings. The van der Waals surface area contributed by atoms with Gasteiger partial charge in [0, 0.05) is 28.3 Å². The van der Waals surface area contributed by atoms with Gasteiger partial charge in [0.25, 0.3) is 5.91 Å². The maximum absolute atomic E-state index is 14.0. The molecule has 0 unspecified atom stereocenters.